The number of unbranched alkanes of at least 4 members (excludes halogenated alkanes) is 8. The molecule has 0 N–H and O–H groups in total. The second kappa shape index (κ2) is 13.2. The van der Waals surface area contributed by atoms with Crippen molar-refractivity contribution < 1.29 is 0 Å². The second-order valence-corrected chi connectivity index (χ2v) is 8.16. The average molecular weight is 323 g/mol. The summed E-state index contributed by atoms with van der Waals surface area (Å²) < 4.78 is 0. The zero-order valence-corrected chi connectivity index (χ0v) is 16.1. The summed E-state index contributed by atoms with van der Waals surface area (Å²) >= 11 is 1.91. The van der Waals surface area contributed by atoms with E-state index < -0.39 is 0 Å². The van der Waals surface area contributed by atoms with Crippen LogP contribution in [-0.2, 0) is 6.42 Å². The number of hydrogen-bond donors (Lipinski definition) is 0. The molecular weight excluding hydrogens is 284 g/mol. The van der Waals surface area contributed by atoms with Crippen LogP contribution in [0.25, 0.3) is 0 Å². The predicted octanol–water partition coefficient (Wildman–Crippen LogP) is 7.94. The summed E-state index contributed by atoms with van der Waals surface area (Å²) in [6.07, 6.45) is 18.5. The zero-order valence-electron chi connectivity index (χ0n) is 15.3. The molecule has 1 rings (SSSR count). The van der Waals surface area contributed by atoms with E-state index in [1.807, 2.05) is 11.3 Å². The summed E-state index contributed by atoms with van der Waals surface area (Å²) in [6, 6.07) is 2.40. The summed E-state index contributed by atoms with van der Waals surface area (Å²) in [4.78, 5) is 1.47. The first-order chi connectivity index (χ1) is 10.8. The van der Waals surface area contributed by atoms with Gasteiger partial charge in [0.25, 0.3) is 0 Å². The summed E-state index contributed by atoms with van der Waals surface area (Å²) in [5.74, 6) is 0.925. The van der Waals surface area contributed by atoms with E-state index in [0.717, 1.165) is 5.92 Å². The molecule has 22 heavy (non-hydrogen) atoms. The lowest BCUT2D eigenvalue weighted by Gasteiger charge is -2.16. The van der Waals surface area contributed by atoms with Crippen LogP contribution < -0.4 is 0 Å². The molecule has 0 nitrogen and oxygen atoms in total. The van der Waals surface area contributed by atoms with Crippen molar-refractivity contribution in [2.24, 2.45) is 5.92 Å². The highest BCUT2D eigenvalue weighted by atomic mass is 32.1. The van der Waals surface area contributed by atoms with Crippen molar-refractivity contribution >= 4 is 11.3 Å². The number of hydrogen-bond acceptors (Lipinski definition) is 1. The van der Waals surface area contributed by atoms with Gasteiger partial charge in [0.05, 0.1) is 0 Å². The quantitative estimate of drug-likeness (QED) is 0.305. The maximum Gasteiger partial charge on any atom is 0.00170 e. The second-order valence-electron chi connectivity index (χ2n) is 7.04. The average Bonchev–Trinajstić information content (AvgIpc) is 2.92. The summed E-state index contributed by atoms with van der Waals surface area (Å²) in [7, 11) is 0. The third-order valence-corrected chi connectivity index (χ3v) is 5.65. The first-order valence-electron chi connectivity index (χ1n) is 9.80. The van der Waals surface area contributed by atoms with E-state index in [9.17, 15) is 0 Å². The smallest absolute Gasteiger partial charge is 0.00170 e. The van der Waals surface area contributed by atoms with Gasteiger partial charge in [-0.25, -0.2) is 0 Å². The molecule has 0 saturated heterocycles. The molecule has 0 amide bonds. The van der Waals surface area contributed by atoms with E-state index in [-0.39, 0.29) is 0 Å². The molecule has 0 radical (unpaired) electrons. The van der Waals surface area contributed by atoms with Gasteiger partial charge in [-0.2, -0.15) is 0 Å². The van der Waals surface area contributed by atoms with E-state index in [1.165, 1.54) is 88.3 Å². The SMILES string of the molecule is CCCCCCCCCCC(CCCC)Cc1csc(C)c1. The highest BCUT2D eigenvalue weighted by Crippen LogP contribution is 2.24. The fraction of sp³-hybridized carbons (Fsp3) is 0.810. The third-order valence-electron chi connectivity index (χ3n) is 4.74. The van der Waals surface area contributed by atoms with Crippen LogP contribution in [0.3, 0.4) is 0 Å². The van der Waals surface area contributed by atoms with Gasteiger partial charge >= 0.3 is 0 Å². The highest BCUT2D eigenvalue weighted by molar-refractivity contribution is 7.10. The molecule has 0 aliphatic heterocycles. The Morgan fingerprint density at radius 3 is 2.00 bits per heavy atom. The van der Waals surface area contributed by atoms with Crippen molar-refractivity contribution in [3.8, 4) is 0 Å². The lowest BCUT2D eigenvalue weighted by molar-refractivity contribution is 0.408. The Bertz CT molecular complexity index is 353. The van der Waals surface area contributed by atoms with Crippen molar-refractivity contribution in [1.82, 2.24) is 0 Å². The van der Waals surface area contributed by atoms with E-state index >= 15 is 0 Å². The molecule has 0 saturated carbocycles. The van der Waals surface area contributed by atoms with Crippen LogP contribution in [-0.4, -0.2) is 0 Å². The molecule has 0 bridgehead atoms. The van der Waals surface area contributed by atoms with Gasteiger partial charge in [-0.3, -0.25) is 0 Å². The molecular formula is C21H38S. The third kappa shape index (κ3) is 9.66. The van der Waals surface area contributed by atoms with Gasteiger partial charge in [0.15, 0.2) is 0 Å². The normalized spacial score (nSPS) is 12.7. The lowest BCUT2D eigenvalue weighted by atomic mass is 9.90. The summed E-state index contributed by atoms with van der Waals surface area (Å²) in [5.41, 5.74) is 1.59. The standard InChI is InChI=1S/C21H38S/c1-4-6-8-9-10-11-12-13-15-20(14-7-5-2)17-21-16-19(3)22-18-21/h16,18,20H,4-15,17H2,1-3H3. The predicted molar refractivity (Wildman–Crippen MR) is 103 cm³/mol. The molecule has 0 aromatic carbocycles. The monoisotopic (exact) mass is 322 g/mol. The van der Waals surface area contributed by atoms with Crippen LogP contribution in [0.5, 0.6) is 0 Å². The Hall–Kier alpha value is -0.300. The van der Waals surface area contributed by atoms with Crippen molar-refractivity contribution in [2.45, 2.75) is 104 Å². The molecule has 1 atom stereocenters. The number of thiophene rings is 1. The molecule has 0 spiro atoms. The molecule has 0 fully saturated rings. The van der Waals surface area contributed by atoms with Gasteiger partial charge in [0.1, 0.15) is 0 Å². The summed E-state index contributed by atoms with van der Waals surface area (Å²) in [5, 5.41) is 2.38. The van der Waals surface area contributed by atoms with Crippen LogP contribution in [0.1, 0.15) is 101 Å². The molecule has 1 aromatic rings. The molecule has 0 aliphatic carbocycles. The first-order valence-corrected chi connectivity index (χ1v) is 10.7. The van der Waals surface area contributed by atoms with Gasteiger partial charge in [-0.15, -0.1) is 11.3 Å². The van der Waals surface area contributed by atoms with Gasteiger partial charge in [-0.05, 0) is 36.3 Å². The Morgan fingerprint density at radius 2 is 1.41 bits per heavy atom. The van der Waals surface area contributed by atoms with Crippen LogP contribution in [0.2, 0.25) is 0 Å². The van der Waals surface area contributed by atoms with Crippen molar-refractivity contribution in [1.29, 1.82) is 0 Å². The number of rotatable bonds is 14. The van der Waals surface area contributed by atoms with E-state index in [1.54, 1.807) is 5.56 Å². The largest absolute Gasteiger partial charge is 0.149 e. The van der Waals surface area contributed by atoms with Crippen LogP contribution in [0.4, 0.5) is 0 Å². The van der Waals surface area contributed by atoms with Crippen molar-refractivity contribution in [2.75, 3.05) is 0 Å². The van der Waals surface area contributed by atoms with Gasteiger partial charge in [0, 0.05) is 4.88 Å². The first kappa shape index (κ1) is 19.7. The fourth-order valence-corrected chi connectivity index (χ4v) is 4.07. The van der Waals surface area contributed by atoms with Gasteiger partial charge in [0.2, 0.25) is 0 Å². The molecule has 0 aliphatic rings. The maximum atomic E-state index is 2.40. The van der Waals surface area contributed by atoms with Crippen molar-refractivity contribution in [3.05, 3.63) is 21.9 Å². The topological polar surface area (TPSA) is 0 Å². The van der Waals surface area contributed by atoms with E-state index in [4.69, 9.17) is 0 Å². The minimum atomic E-state index is 0.925. The minimum Gasteiger partial charge on any atom is -0.149 e. The Kier molecular flexibility index (Phi) is 11.8. The van der Waals surface area contributed by atoms with Crippen LogP contribution >= 0.6 is 11.3 Å². The van der Waals surface area contributed by atoms with E-state index in [2.05, 4.69) is 32.2 Å². The van der Waals surface area contributed by atoms with Gasteiger partial charge < -0.3 is 0 Å². The minimum absolute atomic E-state index is 0.925. The van der Waals surface area contributed by atoms with Crippen LogP contribution in [0.15, 0.2) is 11.4 Å². The van der Waals surface area contributed by atoms with Crippen molar-refractivity contribution in [3.63, 3.8) is 0 Å². The lowest BCUT2D eigenvalue weighted by Crippen LogP contribution is -2.04. The van der Waals surface area contributed by atoms with Crippen LogP contribution in [0, 0.1) is 12.8 Å². The Balaban J connectivity index is 2.15. The number of aryl methyl sites for hydroxylation is 1. The maximum absolute atomic E-state index is 2.40. The Labute approximate surface area is 143 Å². The molecule has 1 unspecified atom stereocenters. The summed E-state index contributed by atoms with van der Waals surface area (Å²) in [6.45, 7) is 6.85. The highest BCUT2D eigenvalue weighted by Gasteiger charge is 2.10. The fourth-order valence-electron chi connectivity index (χ4n) is 3.35. The molecule has 128 valence electrons. The molecule has 1 heterocycles. The zero-order chi connectivity index (χ0) is 16.0. The molecule has 1 aromatic heterocycles. The molecule has 1 heteroatoms. The van der Waals surface area contributed by atoms with Gasteiger partial charge in [-0.1, -0.05) is 90.9 Å². The Morgan fingerprint density at radius 1 is 0.818 bits per heavy atom. The van der Waals surface area contributed by atoms with E-state index in [0.29, 0.717) is 0 Å².